The Labute approximate surface area is 148 Å². The van der Waals surface area contributed by atoms with Crippen molar-refractivity contribution in [2.45, 2.75) is 18.0 Å². The summed E-state index contributed by atoms with van der Waals surface area (Å²) in [5.74, 6) is -0.142. The van der Waals surface area contributed by atoms with E-state index in [4.69, 9.17) is 4.74 Å². The Balaban J connectivity index is 2.20. The van der Waals surface area contributed by atoms with Gasteiger partial charge < -0.3 is 10.1 Å². The Morgan fingerprint density at radius 2 is 1.69 bits per heavy atom. The molecule has 10 heteroatoms. The smallest absolute Gasteiger partial charge is 0.416 e. The largest absolute Gasteiger partial charge is 0.497 e. The molecule has 0 radical (unpaired) electrons. The molecule has 2 N–H and O–H groups in total. The van der Waals surface area contributed by atoms with Gasteiger partial charge in [0.2, 0.25) is 0 Å². The first-order chi connectivity index (χ1) is 12.0. The van der Waals surface area contributed by atoms with Crippen molar-refractivity contribution >= 4 is 21.7 Å². The van der Waals surface area contributed by atoms with E-state index in [9.17, 15) is 26.4 Å². The van der Waals surface area contributed by atoms with Gasteiger partial charge in [-0.1, -0.05) is 17.7 Å². The van der Waals surface area contributed by atoms with Crippen molar-refractivity contribution < 1.29 is 31.1 Å². The van der Waals surface area contributed by atoms with Gasteiger partial charge in [-0.2, -0.15) is 13.2 Å². The second-order valence-corrected chi connectivity index (χ2v) is 7.00. The summed E-state index contributed by atoms with van der Waals surface area (Å²) in [4.78, 5) is 11.8. The highest BCUT2D eigenvalue weighted by atomic mass is 32.2. The molecule has 6 nitrogen and oxygen atoms in total. The molecule has 0 saturated carbocycles. The van der Waals surface area contributed by atoms with Gasteiger partial charge in [0.05, 0.1) is 17.6 Å². The first kappa shape index (κ1) is 19.6. The maximum Gasteiger partial charge on any atom is 0.416 e. The van der Waals surface area contributed by atoms with Crippen molar-refractivity contribution in [2.75, 3.05) is 12.4 Å². The predicted molar refractivity (Wildman–Crippen MR) is 88.5 cm³/mol. The number of sulfonamides is 1. The predicted octanol–water partition coefficient (Wildman–Crippen LogP) is 3.53. The minimum Gasteiger partial charge on any atom is -0.497 e. The Morgan fingerprint density at radius 1 is 1.08 bits per heavy atom. The Bertz CT molecular complexity index is 910. The average Bonchev–Trinajstić information content (AvgIpc) is 2.53. The second-order valence-electron chi connectivity index (χ2n) is 5.32. The summed E-state index contributed by atoms with van der Waals surface area (Å²) in [6, 6.07) is 7.05. The number of benzene rings is 2. The normalized spacial score (nSPS) is 11.7. The molecule has 0 spiro atoms. The maximum atomic E-state index is 12.9. The van der Waals surface area contributed by atoms with Crippen molar-refractivity contribution in [3.8, 4) is 5.75 Å². The minimum atomic E-state index is -4.66. The van der Waals surface area contributed by atoms with Gasteiger partial charge in [0.25, 0.3) is 10.0 Å². The molecule has 0 saturated heterocycles. The van der Waals surface area contributed by atoms with Gasteiger partial charge >= 0.3 is 12.2 Å². The molecule has 26 heavy (non-hydrogen) atoms. The van der Waals surface area contributed by atoms with E-state index in [1.807, 2.05) is 0 Å². The van der Waals surface area contributed by atoms with E-state index in [0.717, 1.165) is 17.7 Å². The topological polar surface area (TPSA) is 84.5 Å². The second kappa shape index (κ2) is 7.24. The van der Waals surface area contributed by atoms with Gasteiger partial charge in [-0.25, -0.2) is 17.9 Å². The van der Waals surface area contributed by atoms with Crippen LogP contribution in [0.4, 0.5) is 23.7 Å². The Morgan fingerprint density at radius 3 is 2.23 bits per heavy atom. The lowest BCUT2D eigenvalue weighted by Crippen LogP contribution is -2.34. The highest BCUT2D eigenvalue weighted by molar-refractivity contribution is 7.90. The quantitative estimate of drug-likeness (QED) is 0.839. The van der Waals surface area contributed by atoms with Crippen LogP contribution in [0.5, 0.6) is 5.75 Å². The molecule has 0 aliphatic carbocycles. The number of nitrogens with one attached hydrogen (secondary N) is 2. The summed E-state index contributed by atoms with van der Waals surface area (Å²) < 4.78 is 69.3. The number of rotatable bonds is 4. The van der Waals surface area contributed by atoms with E-state index in [1.54, 1.807) is 23.8 Å². The number of amides is 2. The minimum absolute atomic E-state index is 0.142. The lowest BCUT2D eigenvalue weighted by Gasteiger charge is -2.13. The van der Waals surface area contributed by atoms with Gasteiger partial charge in [-0.3, -0.25) is 0 Å². The van der Waals surface area contributed by atoms with Crippen LogP contribution < -0.4 is 14.8 Å². The maximum absolute atomic E-state index is 12.9. The zero-order valence-electron chi connectivity index (χ0n) is 13.7. The van der Waals surface area contributed by atoms with E-state index >= 15 is 0 Å². The summed E-state index contributed by atoms with van der Waals surface area (Å²) >= 11 is 0. The van der Waals surface area contributed by atoms with Gasteiger partial charge in [0.1, 0.15) is 5.75 Å². The average molecular weight is 388 g/mol. The molecule has 0 aliphatic heterocycles. The number of carbonyl (C=O) groups is 1. The van der Waals surface area contributed by atoms with Crippen molar-refractivity contribution in [1.29, 1.82) is 0 Å². The third-order valence-electron chi connectivity index (χ3n) is 3.29. The first-order valence-corrected chi connectivity index (χ1v) is 8.66. The molecule has 2 aromatic carbocycles. The molecule has 0 aliphatic rings. The van der Waals surface area contributed by atoms with Gasteiger partial charge in [0.15, 0.2) is 0 Å². The van der Waals surface area contributed by atoms with E-state index in [2.05, 4.69) is 5.32 Å². The van der Waals surface area contributed by atoms with Gasteiger partial charge in [-0.15, -0.1) is 0 Å². The highest BCUT2D eigenvalue weighted by Gasteiger charge is 2.31. The number of urea groups is 1. The monoisotopic (exact) mass is 388 g/mol. The van der Waals surface area contributed by atoms with Crippen LogP contribution in [0.2, 0.25) is 0 Å². The molecule has 0 atom stereocenters. The summed E-state index contributed by atoms with van der Waals surface area (Å²) in [6.45, 7) is 1.76. The van der Waals surface area contributed by atoms with Crippen molar-refractivity contribution in [3.63, 3.8) is 0 Å². The van der Waals surface area contributed by atoms with Gasteiger partial charge in [0, 0.05) is 11.8 Å². The zero-order valence-corrected chi connectivity index (χ0v) is 14.5. The van der Waals surface area contributed by atoms with Crippen LogP contribution in [-0.4, -0.2) is 21.6 Å². The van der Waals surface area contributed by atoms with E-state index in [-0.39, 0.29) is 16.3 Å². The molecule has 0 heterocycles. The van der Waals surface area contributed by atoms with Crippen molar-refractivity contribution in [2.24, 2.45) is 0 Å². The number of alkyl halides is 3. The summed E-state index contributed by atoms with van der Waals surface area (Å²) in [7, 11) is -3.00. The zero-order chi connectivity index (χ0) is 19.5. The van der Waals surface area contributed by atoms with Crippen LogP contribution in [0.3, 0.4) is 0 Å². The number of halogens is 3. The van der Waals surface area contributed by atoms with E-state index in [1.165, 1.54) is 19.2 Å². The number of hydrogen-bond donors (Lipinski definition) is 2. The Hall–Kier alpha value is -2.75. The molecule has 0 fully saturated rings. The molecule has 0 aromatic heterocycles. The molecule has 0 bridgehead atoms. The van der Waals surface area contributed by atoms with Crippen LogP contribution in [-0.2, 0) is 16.2 Å². The number of ether oxygens (including phenoxy) is 1. The lowest BCUT2D eigenvalue weighted by molar-refractivity contribution is -0.137. The van der Waals surface area contributed by atoms with E-state index < -0.39 is 27.8 Å². The molecule has 2 amide bonds. The summed E-state index contributed by atoms with van der Waals surface area (Å²) in [5, 5.41) is 2.06. The van der Waals surface area contributed by atoms with Crippen molar-refractivity contribution in [1.82, 2.24) is 4.72 Å². The first-order valence-electron chi connectivity index (χ1n) is 7.18. The number of aryl methyl sites for hydroxylation is 1. The standard InChI is InChI=1S/C16H15F3N2O4S/c1-10-3-5-14(6-4-10)26(23,24)21-15(22)20-12-7-11(16(17,18)19)8-13(9-12)25-2/h3-9H,1-2H3,(H2,20,21,22). The van der Waals surface area contributed by atoms with E-state index in [0.29, 0.717) is 6.07 Å². The van der Waals surface area contributed by atoms with Crippen LogP contribution in [0.25, 0.3) is 0 Å². The fourth-order valence-corrected chi connectivity index (χ4v) is 2.92. The molecule has 2 aromatic rings. The summed E-state index contributed by atoms with van der Waals surface area (Å²) in [6.07, 6.45) is -4.66. The Kier molecular flexibility index (Phi) is 5.45. The lowest BCUT2D eigenvalue weighted by atomic mass is 10.2. The van der Waals surface area contributed by atoms with Gasteiger partial charge in [-0.05, 0) is 31.2 Å². The third kappa shape index (κ3) is 4.88. The molecule has 0 unspecified atom stereocenters. The fraction of sp³-hybridized carbons (Fsp3) is 0.188. The molecule has 140 valence electrons. The highest BCUT2D eigenvalue weighted by Crippen LogP contribution is 2.34. The third-order valence-corrected chi connectivity index (χ3v) is 4.63. The van der Waals surface area contributed by atoms with Crippen LogP contribution >= 0.6 is 0 Å². The number of carbonyl (C=O) groups excluding carboxylic acids is 1. The molecular formula is C16H15F3N2O4S. The van der Waals surface area contributed by atoms with Crippen LogP contribution in [0.15, 0.2) is 47.4 Å². The molecular weight excluding hydrogens is 373 g/mol. The fourth-order valence-electron chi connectivity index (χ4n) is 2.01. The van der Waals surface area contributed by atoms with Crippen LogP contribution in [0.1, 0.15) is 11.1 Å². The number of hydrogen-bond acceptors (Lipinski definition) is 4. The SMILES string of the molecule is COc1cc(NC(=O)NS(=O)(=O)c2ccc(C)cc2)cc(C(F)(F)F)c1. The number of methoxy groups -OCH3 is 1. The van der Waals surface area contributed by atoms with Crippen LogP contribution in [0, 0.1) is 6.92 Å². The number of anilines is 1. The molecule has 2 rings (SSSR count). The summed E-state index contributed by atoms with van der Waals surface area (Å²) in [5.41, 5.74) is -0.494. The van der Waals surface area contributed by atoms with Crippen molar-refractivity contribution in [3.05, 3.63) is 53.6 Å².